The second-order valence-corrected chi connectivity index (χ2v) is 6.45. The SMILES string of the molecule is N#CC1(CC2CSc3ccccc32)CCNCC1. The number of hydrogen-bond donors (Lipinski definition) is 1. The van der Waals surface area contributed by atoms with Crippen LogP contribution in [-0.2, 0) is 0 Å². The zero-order valence-electron chi connectivity index (χ0n) is 10.5. The molecule has 0 radical (unpaired) electrons. The summed E-state index contributed by atoms with van der Waals surface area (Å²) in [6.45, 7) is 1.99. The van der Waals surface area contributed by atoms with E-state index in [1.807, 2.05) is 11.8 Å². The van der Waals surface area contributed by atoms with Gasteiger partial charge < -0.3 is 5.32 Å². The minimum absolute atomic E-state index is 0.0894. The molecule has 0 spiro atoms. The molecule has 0 aromatic heterocycles. The fourth-order valence-corrected chi connectivity index (χ4v) is 4.39. The quantitative estimate of drug-likeness (QED) is 0.885. The number of fused-ring (bicyclic) bond motifs is 1. The van der Waals surface area contributed by atoms with Gasteiger partial charge in [-0.3, -0.25) is 0 Å². The molecule has 1 aromatic carbocycles. The van der Waals surface area contributed by atoms with Gasteiger partial charge in [-0.15, -0.1) is 11.8 Å². The number of thioether (sulfide) groups is 1. The van der Waals surface area contributed by atoms with Crippen molar-refractivity contribution >= 4 is 11.8 Å². The Balaban J connectivity index is 1.79. The molecule has 94 valence electrons. The van der Waals surface area contributed by atoms with Crippen molar-refractivity contribution in [2.24, 2.45) is 5.41 Å². The molecule has 0 amide bonds. The molecule has 1 unspecified atom stereocenters. The first-order chi connectivity index (χ1) is 8.83. The van der Waals surface area contributed by atoms with E-state index in [9.17, 15) is 5.26 Å². The minimum Gasteiger partial charge on any atom is -0.317 e. The molecule has 1 atom stereocenters. The van der Waals surface area contributed by atoms with Crippen molar-refractivity contribution in [1.29, 1.82) is 5.26 Å². The average Bonchev–Trinajstić information content (AvgIpc) is 2.83. The van der Waals surface area contributed by atoms with E-state index in [0.717, 1.165) is 38.1 Å². The van der Waals surface area contributed by atoms with Gasteiger partial charge >= 0.3 is 0 Å². The summed E-state index contributed by atoms with van der Waals surface area (Å²) in [5, 5.41) is 12.9. The lowest BCUT2D eigenvalue weighted by atomic mass is 9.73. The maximum Gasteiger partial charge on any atom is 0.0690 e. The van der Waals surface area contributed by atoms with Crippen LogP contribution in [0.4, 0.5) is 0 Å². The molecule has 0 bridgehead atoms. The highest BCUT2D eigenvalue weighted by Crippen LogP contribution is 2.47. The van der Waals surface area contributed by atoms with E-state index in [-0.39, 0.29) is 5.41 Å². The van der Waals surface area contributed by atoms with Crippen LogP contribution in [0.2, 0.25) is 0 Å². The lowest BCUT2D eigenvalue weighted by molar-refractivity contribution is 0.250. The minimum atomic E-state index is -0.0894. The van der Waals surface area contributed by atoms with Gasteiger partial charge in [-0.25, -0.2) is 0 Å². The number of hydrogen-bond acceptors (Lipinski definition) is 3. The molecule has 3 heteroatoms. The molecule has 1 fully saturated rings. The fraction of sp³-hybridized carbons (Fsp3) is 0.533. The summed E-state index contributed by atoms with van der Waals surface area (Å²) in [5.74, 6) is 1.72. The summed E-state index contributed by atoms with van der Waals surface area (Å²) in [6, 6.07) is 11.3. The maximum atomic E-state index is 9.57. The molecule has 1 N–H and O–H groups in total. The van der Waals surface area contributed by atoms with E-state index >= 15 is 0 Å². The van der Waals surface area contributed by atoms with Gasteiger partial charge in [-0.1, -0.05) is 18.2 Å². The monoisotopic (exact) mass is 258 g/mol. The van der Waals surface area contributed by atoms with Gasteiger partial charge in [-0.05, 0) is 49.9 Å². The van der Waals surface area contributed by atoms with Crippen LogP contribution in [0.1, 0.15) is 30.7 Å². The number of piperidine rings is 1. The number of benzene rings is 1. The second kappa shape index (κ2) is 4.95. The van der Waals surface area contributed by atoms with Crippen LogP contribution in [0.3, 0.4) is 0 Å². The Bertz CT molecular complexity index is 472. The zero-order chi connectivity index (χ0) is 12.4. The molecule has 2 aliphatic rings. The Morgan fingerprint density at radius 3 is 2.89 bits per heavy atom. The Morgan fingerprint density at radius 2 is 2.11 bits per heavy atom. The molecule has 18 heavy (non-hydrogen) atoms. The molecule has 0 aliphatic carbocycles. The highest BCUT2D eigenvalue weighted by atomic mass is 32.2. The van der Waals surface area contributed by atoms with Crippen LogP contribution in [0.25, 0.3) is 0 Å². The van der Waals surface area contributed by atoms with Crippen LogP contribution in [-0.4, -0.2) is 18.8 Å². The van der Waals surface area contributed by atoms with E-state index in [2.05, 4.69) is 35.7 Å². The fourth-order valence-electron chi connectivity index (χ4n) is 3.14. The highest BCUT2D eigenvalue weighted by Gasteiger charge is 2.37. The van der Waals surface area contributed by atoms with Gasteiger partial charge in [0.25, 0.3) is 0 Å². The molecule has 2 nitrogen and oxygen atoms in total. The molecular formula is C15H18N2S. The molecule has 0 saturated carbocycles. The number of nitrogens with one attached hydrogen (secondary N) is 1. The lowest BCUT2D eigenvalue weighted by Gasteiger charge is -2.33. The molecule has 2 heterocycles. The predicted octanol–water partition coefficient (Wildman–Crippen LogP) is 3.16. The average molecular weight is 258 g/mol. The number of nitriles is 1. The largest absolute Gasteiger partial charge is 0.317 e. The van der Waals surface area contributed by atoms with Gasteiger partial charge in [0.05, 0.1) is 11.5 Å². The first kappa shape index (κ1) is 12.1. The third-order valence-electron chi connectivity index (χ3n) is 4.23. The van der Waals surface area contributed by atoms with Crippen LogP contribution in [0.5, 0.6) is 0 Å². The molecule has 2 aliphatic heterocycles. The van der Waals surface area contributed by atoms with Crippen molar-refractivity contribution in [3.8, 4) is 6.07 Å². The van der Waals surface area contributed by atoms with Crippen molar-refractivity contribution in [2.75, 3.05) is 18.8 Å². The Kier molecular flexibility index (Phi) is 3.32. The highest BCUT2D eigenvalue weighted by molar-refractivity contribution is 7.99. The van der Waals surface area contributed by atoms with Crippen molar-refractivity contribution < 1.29 is 0 Å². The Labute approximate surface area is 113 Å². The number of rotatable bonds is 2. The Morgan fingerprint density at radius 1 is 1.33 bits per heavy atom. The van der Waals surface area contributed by atoms with Crippen molar-refractivity contribution in [3.05, 3.63) is 29.8 Å². The first-order valence-electron chi connectivity index (χ1n) is 6.67. The van der Waals surface area contributed by atoms with Gasteiger partial charge in [0.2, 0.25) is 0 Å². The van der Waals surface area contributed by atoms with E-state index < -0.39 is 0 Å². The van der Waals surface area contributed by atoms with Crippen molar-refractivity contribution in [2.45, 2.75) is 30.1 Å². The zero-order valence-corrected chi connectivity index (χ0v) is 11.3. The molecule has 3 rings (SSSR count). The summed E-state index contributed by atoms with van der Waals surface area (Å²) in [7, 11) is 0. The summed E-state index contributed by atoms with van der Waals surface area (Å²) in [5.41, 5.74) is 1.38. The lowest BCUT2D eigenvalue weighted by Crippen LogP contribution is -2.36. The van der Waals surface area contributed by atoms with Crippen LogP contribution in [0.15, 0.2) is 29.2 Å². The summed E-state index contributed by atoms with van der Waals surface area (Å²) in [6.07, 6.45) is 3.05. The van der Waals surface area contributed by atoms with Crippen molar-refractivity contribution in [3.63, 3.8) is 0 Å². The summed E-state index contributed by atoms with van der Waals surface area (Å²) < 4.78 is 0. The first-order valence-corrected chi connectivity index (χ1v) is 7.65. The number of nitrogens with zero attached hydrogens (tertiary/aromatic N) is 1. The molecule has 1 saturated heterocycles. The van der Waals surface area contributed by atoms with E-state index in [4.69, 9.17) is 0 Å². The van der Waals surface area contributed by atoms with Gasteiger partial charge in [0.15, 0.2) is 0 Å². The smallest absolute Gasteiger partial charge is 0.0690 e. The van der Waals surface area contributed by atoms with E-state index in [1.54, 1.807) is 0 Å². The topological polar surface area (TPSA) is 35.8 Å². The van der Waals surface area contributed by atoms with Gasteiger partial charge in [0.1, 0.15) is 0 Å². The van der Waals surface area contributed by atoms with Gasteiger partial charge in [-0.2, -0.15) is 5.26 Å². The van der Waals surface area contributed by atoms with E-state index in [1.165, 1.54) is 10.5 Å². The molecular weight excluding hydrogens is 240 g/mol. The second-order valence-electron chi connectivity index (χ2n) is 5.39. The summed E-state index contributed by atoms with van der Waals surface area (Å²) >= 11 is 1.95. The van der Waals surface area contributed by atoms with Crippen molar-refractivity contribution in [1.82, 2.24) is 5.32 Å². The van der Waals surface area contributed by atoms with E-state index in [0.29, 0.717) is 5.92 Å². The predicted molar refractivity (Wildman–Crippen MR) is 74.7 cm³/mol. The van der Waals surface area contributed by atoms with Crippen LogP contribution >= 0.6 is 11.8 Å². The standard InChI is InChI=1S/C15H18N2S/c16-11-15(5-7-17-8-6-15)9-12-10-18-14-4-2-1-3-13(12)14/h1-4,12,17H,5-10H2. The third-order valence-corrected chi connectivity index (χ3v) is 5.49. The third kappa shape index (κ3) is 2.15. The van der Waals surface area contributed by atoms with Gasteiger partial charge in [0, 0.05) is 10.6 Å². The molecule has 1 aromatic rings. The van der Waals surface area contributed by atoms with Crippen LogP contribution in [0, 0.1) is 16.7 Å². The Hall–Kier alpha value is -0.980. The van der Waals surface area contributed by atoms with Crippen LogP contribution < -0.4 is 5.32 Å². The normalized spacial score (nSPS) is 25.4. The summed E-state index contributed by atoms with van der Waals surface area (Å²) in [4.78, 5) is 1.42. The maximum absolute atomic E-state index is 9.57.